The molecule has 0 aromatic carbocycles. The SMILES string of the molecule is CC(C)CC(=O)CCc1cocn1. The molecule has 0 amide bonds. The van der Waals surface area contributed by atoms with Crippen molar-refractivity contribution in [3.05, 3.63) is 18.4 Å². The molecule has 1 aromatic heterocycles. The molecule has 0 bridgehead atoms. The second-order valence-corrected chi connectivity index (χ2v) is 3.62. The lowest BCUT2D eigenvalue weighted by molar-refractivity contribution is -0.119. The molecular weight excluding hydrogens is 166 g/mol. The van der Waals surface area contributed by atoms with Gasteiger partial charge in [0.2, 0.25) is 0 Å². The number of aromatic nitrogens is 1. The third-order valence-corrected chi connectivity index (χ3v) is 1.78. The fourth-order valence-corrected chi connectivity index (χ4v) is 1.19. The summed E-state index contributed by atoms with van der Waals surface area (Å²) in [5, 5.41) is 0. The van der Waals surface area contributed by atoms with Crippen LogP contribution in [0.5, 0.6) is 0 Å². The molecule has 0 N–H and O–H groups in total. The predicted molar refractivity (Wildman–Crippen MR) is 49.3 cm³/mol. The first kappa shape index (κ1) is 9.96. The normalized spacial score (nSPS) is 10.7. The van der Waals surface area contributed by atoms with Crippen LogP contribution in [0.15, 0.2) is 17.1 Å². The van der Waals surface area contributed by atoms with Crippen LogP contribution in [-0.4, -0.2) is 10.8 Å². The van der Waals surface area contributed by atoms with Crippen molar-refractivity contribution in [1.82, 2.24) is 4.98 Å². The summed E-state index contributed by atoms with van der Waals surface area (Å²) in [6.45, 7) is 4.10. The third kappa shape index (κ3) is 3.87. The Kier molecular flexibility index (Phi) is 3.68. The van der Waals surface area contributed by atoms with Crippen LogP contribution in [0.1, 0.15) is 32.4 Å². The minimum atomic E-state index is 0.304. The first-order valence-electron chi connectivity index (χ1n) is 4.57. The summed E-state index contributed by atoms with van der Waals surface area (Å²) < 4.78 is 4.81. The largest absolute Gasteiger partial charge is 0.451 e. The molecule has 3 nitrogen and oxygen atoms in total. The molecule has 0 saturated heterocycles. The number of hydrogen-bond donors (Lipinski definition) is 0. The maximum Gasteiger partial charge on any atom is 0.180 e. The van der Waals surface area contributed by atoms with E-state index in [-0.39, 0.29) is 0 Å². The van der Waals surface area contributed by atoms with Crippen molar-refractivity contribution >= 4 is 5.78 Å². The molecule has 1 heterocycles. The number of ketones is 1. The zero-order valence-electron chi connectivity index (χ0n) is 8.12. The van der Waals surface area contributed by atoms with E-state index in [0.717, 1.165) is 5.69 Å². The highest BCUT2D eigenvalue weighted by Crippen LogP contribution is 2.06. The van der Waals surface area contributed by atoms with Crippen LogP contribution in [0.3, 0.4) is 0 Å². The monoisotopic (exact) mass is 181 g/mol. The molecule has 0 radical (unpaired) electrons. The van der Waals surface area contributed by atoms with Crippen LogP contribution in [0, 0.1) is 5.92 Å². The zero-order chi connectivity index (χ0) is 9.68. The van der Waals surface area contributed by atoms with Crippen molar-refractivity contribution in [3.8, 4) is 0 Å². The van der Waals surface area contributed by atoms with Crippen LogP contribution in [-0.2, 0) is 11.2 Å². The number of aryl methyl sites for hydroxylation is 1. The molecule has 1 aromatic rings. The minimum Gasteiger partial charge on any atom is -0.451 e. The maximum absolute atomic E-state index is 11.3. The van der Waals surface area contributed by atoms with Gasteiger partial charge in [0, 0.05) is 12.8 Å². The Morgan fingerprint density at radius 1 is 1.62 bits per heavy atom. The van der Waals surface area contributed by atoms with E-state index in [9.17, 15) is 4.79 Å². The van der Waals surface area contributed by atoms with Gasteiger partial charge in [-0.1, -0.05) is 13.8 Å². The molecule has 0 saturated carbocycles. The Bertz CT molecular complexity index is 252. The van der Waals surface area contributed by atoms with Gasteiger partial charge in [0.1, 0.15) is 12.0 Å². The lowest BCUT2D eigenvalue weighted by atomic mass is 10.0. The Balaban J connectivity index is 2.23. The average Bonchev–Trinajstić information content (AvgIpc) is 2.51. The second-order valence-electron chi connectivity index (χ2n) is 3.62. The van der Waals surface area contributed by atoms with Crippen molar-refractivity contribution < 1.29 is 9.21 Å². The van der Waals surface area contributed by atoms with Crippen molar-refractivity contribution in [1.29, 1.82) is 0 Å². The average molecular weight is 181 g/mol. The van der Waals surface area contributed by atoms with E-state index >= 15 is 0 Å². The highest BCUT2D eigenvalue weighted by Gasteiger charge is 2.06. The highest BCUT2D eigenvalue weighted by atomic mass is 16.3. The van der Waals surface area contributed by atoms with E-state index < -0.39 is 0 Å². The summed E-state index contributed by atoms with van der Waals surface area (Å²) in [6, 6.07) is 0. The van der Waals surface area contributed by atoms with Gasteiger partial charge in [0.05, 0.1) is 5.69 Å². The van der Waals surface area contributed by atoms with Crippen molar-refractivity contribution in [3.63, 3.8) is 0 Å². The topological polar surface area (TPSA) is 43.1 Å². The summed E-state index contributed by atoms with van der Waals surface area (Å²) in [5.74, 6) is 0.753. The Morgan fingerprint density at radius 3 is 2.92 bits per heavy atom. The minimum absolute atomic E-state index is 0.304. The van der Waals surface area contributed by atoms with Crippen molar-refractivity contribution in [2.24, 2.45) is 5.92 Å². The zero-order valence-corrected chi connectivity index (χ0v) is 8.12. The fourth-order valence-electron chi connectivity index (χ4n) is 1.19. The highest BCUT2D eigenvalue weighted by molar-refractivity contribution is 5.78. The molecule has 72 valence electrons. The molecule has 3 heteroatoms. The molecule has 0 unspecified atom stereocenters. The predicted octanol–water partition coefficient (Wildman–Crippen LogP) is 2.22. The fraction of sp³-hybridized carbons (Fsp3) is 0.600. The molecule has 0 aliphatic heterocycles. The summed E-state index contributed by atoms with van der Waals surface area (Å²) in [6.07, 6.45) is 4.91. The number of carbonyl (C=O) groups excluding carboxylic acids is 1. The molecule has 0 atom stereocenters. The molecular formula is C10H15NO2. The smallest absolute Gasteiger partial charge is 0.180 e. The van der Waals surface area contributed by atoms with E-state index in [4.69, 9.17) is 4.42 Å². The Labute approximate surface area is 78.2 Å². The van der Waals surface area contributed by atoms with Crippen LogP contribution in [0.2, 0.25) is 0 Å². The summed E-state index contributed by atoms with van der Waals surface area (Å²) in [4.78, 5) is 15.2. The van der Waals surface area contributed by atoms with Gasteiger partial charge >= 0.3 is 0 Å². The maximum atomic E-state index is 11.3. The molecule has 0 aliphatic carbocycles. The number of hydrogen-bond acceptors (Lipinski definition) is 3. The van der Waals surface area contributed by atoms with Crippen molar-refractivity contribution in [2.75, 3.05) is 0 Å². The van der Waals surface area contributed by atoms with E-state index in [0.29, 0.717) is 31.0 Å². The van der Waals surface area contributed by atoms with Gasteiger partial charge in [-0.3, -0.25) is 4.79 Å². The Hall–Kier alpha value is -1.12. The Morgan fingerprint density at radius 2 is 2.38 bits per heavy atom. The molecule has 1 rings (SSSR count). The van der Waals surface area contributed by atoms with Crippen molar-refractivity contribution in [2.45, 2.75) is 33.1 Å². The standard InChI is InChI=1S/C10H15NO2/c1-8(2)5-10(12)4-3-9-6-13-7-11-9/h6-8H,3-5H2,1-2H3. The van der Waals surface area contributed by atoms with Crippen LogP contribution in [0.4, 0.5) is 0 Å². The number of carbonyl (C=O) groups is 1. The number of oxazole rings is 1. The molecule has 0 spiro atoms. The summed E-state index contributed by atoms with van der Waals surface area (Å²) >= 11 is 0. The van der Waals surface area contributed by atoms with E-state index in [2.05, 4.69) is 4.98 Å². The van der Waals surface area contributed by atoms with Crippen LogP contribution >= 0.6 is 0 Å². The third-order valence-electron chi connectivity index (χ3n) is 1.78. The number of Topliss-reactive ketones (excluding diaryl/α,β-unsaturated/α-hetero) is 1. The first-order chi connectivity index (χ1) is 6.18. The van der Waals surface area contributed by atoms with Gasteiger partial charge in [-0.05, 0) is 12.3 Å². The van der Waals surface area contributed by atoms with E-state index in [1.807, 2.05) is 13.8 Å². The summed E-state index contributed by atoms with van der Waals surface area (Å²) in [5.41, 5.74) is 0.858. The molecule has 0 fully saturated rings. The number of nitrogens with zero attached hydrogens (tertiary/aromatic N) is 1. The van der Waals surface area contributed by atoms with Gasteiger partial charge in [0.15, 0.2) is 6.39 Å². The van der Waals surface area contributed by atoms with Gasteiger partial charge in [0.25, 0.3) is 0 Å². The first-order valence-corrected chi connectivity index (χ1v) is 4.57. The van der Waals surface area contributed by atoms with Gasteiger partial charge in [-0.15, -0.1) is 0 Å². The molecule has 0 aliphatic rings. The molecule has 13 heavy (non-hydrogen) atoms. The van der Waals surface area contributed by atoms with Gasteiger partial charge in [-0.2, -0.15) is 0 Å². The van der Waals surface area contributed by atoms with Gasteiger partial charge in [-0.25, -0.2) is 4.98 Å². The van der Waals surface area contributed by atoms with Crippen LogP contribution < -0.4 is 0 Å². The second kappa shape index (κ2) is 4.80. The quantitative estimate of drug-likeness (QED) is 0.699. The lowest BCUT2D eigenvalue weighted by Crippen LogP contribution is -2.04. The van der Waals surface area contributed by atoms with Crippen LogP contribution in [0.25, 0.3) is 0 Å². The van der Waals surface area contributed by atoms with E-state index in [1.165, 1.54) is 6.39 Å². The van der Waals surface area contributed by atoms with E-state index in [1.54, 1.807) is 6.26 Å². The summed E-state index contributed by atoms with van der Waals surface area (Å²) in [7, 11) is 0. The number of rotatable bonds is 5. The van der Waals surface area contributed by atoms with Gasteiger partial charge < -0.3 is 4.42 Å². The lowest BCUT2D eigenvalue weighted by Gasteiger charge is -2.01.